The van der Waals surface area contributed by atoms with Crippen LogP contribution in [0.3, 0.4) is 0 Å². The highest BCUT2D eigenvalue weighted by Crippen LogP contribution is 2.28. The van der Waals surface area contributed by atoms with Gasteiger partial charge in [0.05, 0.1) is 23.4 Å². The van der Waals surface area contributed by atoms with Crippen molar-refractivity contribution < 1.29 is 24.0 Å². The second kappa shape index (κ2) is 8.90. The number of hydrogen-bond acceptors (Lipinski definition) is 7. The van der Waals surface area contributed by atoms with Crippen molar-refractivity contribution >= 4 is 39.2 Å². The minimum atomic E-state index is -0.477. The maximum atomic E-state index is 13.7. The smallest absolute Gasteiger partial charge is 0.344 e. The lowest BCUT2D eigenvalue weighted by atomic mass is 10.1. The number of aromatic nitrogens is 3. The number of carbonyl (C=O) groups excluding carboxylic acids is 1. The Kier molecular flexibility index (Phi) is 5.61. The van der Waals surface area contributed by atoms with E-state index in [1.54, 1.807) is 70.6 Å². The van der Waals surface area contributed by atoms with E-state index in [0.717, 1.165) is 0 Å². The Labute approximate surface area is 198 Å². The van der Waals surface area contributed by atoms with Crippen LogP contribution >= 0.6 is 0 Å². The van der Waals surface area contributed by atoms with Gasteiger partial charge in [0.2, 0.25) is 0 Å². The predicted octanol–water partition coefficient (Wildman–Crippen LogP) is 3.71. The molecular weight excluding hydrogens is 452 g/mol. The van der Waals surface area contributed by atoms with Crippen molar-refractivity contribution in [1.82, 2.24) is 14.0 Å². The van der Waals surface area contributed by atoms with Crippen molar-refractivity contribution in [1.29, 1.82) is 0 Å². The van der Waals surface area contributed by atoms with E-state index < -0.39 is 5.97 Å². The van der Waals surface area contributed by atoms with Crippen LogP contribution in [-0.4, -0.2) is 45.2 Å². The molecule has 10 nitrogen and oxygen atoms in total. The molecule has 0 aliphatic heterocycles. The van der Waals surface area contributed by atoms with Crippen LogP contribution in [0.25, 0.3) is 33.3 Å². The molecule has 5 rings (SSSR count). The first kappa shape index (κ1) is 22.1. The number of rotatable bonds is 7. The van der Waals surface area contributed by atoms with Crippen LogP contribution < -0.4 is 10.3 Å². The molecule has 0 unspecified atom stereocenters. The largest absolute Gasteiger partial charge is 0.480 e. The highest BCUT2D eigenvalue weighted by atomic mass is 16.8. The summed E-state index contributed by atoms with van der Waals surface area (Å²) in [6.07, 6.45) is 1.67. The minimum Gasteiger partial charge on any atom is -0.480 e. The Bertz CT molecular complexity index is 1650. The highest BCUT2D eigenvalue weighted by Gasteiger charge is 2.20. The van der Waals surface area contributed by atoms with Crippen molar-refractivity contribution in [3.05, 3.63) is 82.1 Å². The van der Waals surface area contributed by atoms with Crippen molar-refractivity contribution in [2.75, 3.05) is 20.3 Å². The molecule has 10 heteroatoms. The zero-order chi connectivity index (χ0) is 24.5. The van der Waals surface area contributed by atoms with Gasteiger partial charge in [0.15, 0.2) is 19.4 Å². The molecule has 3 aromatic heterocycles. The summed E-state index contributed by atoms with van der Waals surface area (Å²) in [5.74, 6) is -0.0657. The summed E-state index contributed by atoms with van der Waals surface area (Å²) in [4.78, 5) is 47.0. The third-order valence-corrected chi connectivity index (χ3v) is 5.54. The van der Waals surface area contributed by atoms with Crippen molar-refractivity contribution in [2.45, 2.75) is 6.92 Å². The van der Waals surface area contributed by atoms with E-state index in [9.17, 15) is 14.5 Å². The van der Waals surface area contributed by atoms with Crippen LogP contribution in [-0.2, 0) is 14.4 Å². The van der Waals surface area contributed by atoms with Crippen LogP contribution in [0.2, 0.25) is 0 Å². The summed E-state index contributed by atoms with van der Waals surface area (Å²) < 4.78 is 13.8. The summed E-state index contributed by atoms with van der Waals surface area (Å²) in [7, 11) is 1.28. The first-order valence-corrected chi connectivity index (χ1v) is 10.9. The van der Waals surface area contributed by atoms with E-state index in [0.29, 0.717) is 43.9 Å². The molecule has 0 saturated carbocycles. The summed E-state index contributed by atoms with van der Waals surface area (Å²) in [5.41, 5.74) is 2.31. The number of pyridine rings is 2. The lowest BCUT2D eigenvalue weighted by molar-refractivity contribution is -0.736. The molecule has 0 spiro atoms. The molecule has 0 N–H and O–H groups in total. The fourth-order valence-electron chi connectivity index (χ4n) is 4.00. The summed E-state index contributed by atoms with van der Waals surface area (Å²) >= 11 is 0. The summed E-state index contributed by atoms with van der Waals surface area (Å²) in [5, 5.41) is 1.22. The minimum absolute atomic E-state index is 0.242. The topological polar surface area (TPSA) is 104 Å². The Hall–Kier alpha value is -4.73. The molecule has 0 radical (unpaired) electrons. The average Bonchev–Trinajstić information content (AvgIpc) is 3.26. The number of hydrogen-bond donors (Lipinski definition) is 0. The number of esters is 1. The molecule has 0 bridgehead atoms. The monoisotopic (exact) mass is 473 g/mol. The van der Waals surface area contributed by atoms with Gasteiger partial charge in [-0.05, 0) is 37.3 Å². The van der Waals surface area contributed by atoms with Gasteiger partial charge >= 0.3 is 11.7 Å². The lowest BCUT2D eigenvalue weighted by Crippen LogP contribution is -2.20. The molecular formula is C25H21N4O6+. The van der Waals surface area contributed by atoms with Gasteiger partial charge in [-0.25, -0.2) is 14.6 Å². The van der Waals surface area contributed by atoms with Crippen LogP contribution in [0.15, 0.2) is 71.7 Å². The summed E-state index contributed by atoms with van der Waals surface area (Å²) in [6, 6.07) is 17.2. The zero-order valence-electron chi connectivity index (χ0n) is 19.0. The normalized spacial score (nSPS) is 11.1. The zero-order valence-corrected chi connectivity index (χ0v) is 19.0. The van der Waals surface area contributed by atoms with Crippen molar-refractivity contribution in [2.24, 2.45) is 0 Å². The summed E-state index contributed by atoms with van der Waals surface area (Å²) in [6.45, 7) is 1.75. The fourth-order valence-corrected chi connectivity index (χ4v) is 4.00. The Morgan fingerprint density at radius 3 is 2.49 bits per heavy atom. The van der Waals surface area contributed by atoms with Crippen molar-refractivity contribution in [3.63, 3.8) is 0 Å². The van der Waals surface area contributed by atoms with E-state index in [-0.39, 0.29) is 24.5 Å². The third kappa shape index (κ3) is 3.84. The van der Waals surface area contributed by atoms with E-state index in [1.807, 2.05) is 12.1 Å². The van der Waals surface area contributed by atoms with Gasteiger partial charge in [0, 0.05) is 22.9 Å². The second-order valence-electron chi connectivity index (χ2n) is 7.61. The van der Waals surface area contributed by atoms with E-state index in [4.69, 9.17) is 19.3 Å². The SMILES string of the molecule is CCOC(=O)COc1ccc2nc3c4ccccc4c(=O)n(-c4ccc([N+](=O)OC)cc4)c3n2c1. The van der Waals surface area contributed by atoms with E-state index >= 15 is 0 Å². The third-order valence-electron chi connectivity index (χ3n) is 5.54. The van der Waals surface area contributed by atoms with Gasteiger partial charge in [-0.15, -0.1) is 0 Å². The van der Waals surface area contributed by atoms with Crippen molar-refractivity contribution in [3.8, 4) is 11.4 Å². The van der Waals surface area contributed by atoms with Gasteiger partial charge < -0.3 is 9.47 Å². The number of ether oxygens (including phenoxy) is 2. The number of imidazole rings is 1. The molecule has 0 atom stereocenters. The second-order valence-corrected chi connectivity index (χ2v) is 7.61. The molecule has 0 fully saturated rings. The van der Waals surface area contributed by atoms with E-state index in [2.05, 4.69) is 0 Å². The average molecular weight is 473 g/mol. The van der Waals surface area contributed by atoms with Gasteiger partial charge in [-0.2, -0.15) is 0 Å². The number of nitrogens with zero attached hydrogens (tertiary/aromatic N) is 4. The molecule has 2 aromatic carbocycles. The predicted molar refractivity (Wildman–Crippen MR) is 128 cm³/mol. The fraction of sp³-hybridized carbons (Fsp3) is 0.160. The molecule has 0 amide bonds. The van der Waals surface area contributed by atoms with Gasteiger partial charge in [-0.3, -0.25) is 13.8 Å². The Balaban J connectivity index is 1.75. The molecule has 0 aliphatic rings. The highest BCUT2D eigenvalue weighted by molar-refractivity contribution is 6.04. The molecule has 3 heterocycles. The first-order chi connectivity index (χ1) is 17.0. The quantitative estimate of drug-likeness (QED) is 0.262. The maximum absolute atomic E-state index is 13.7. The van der Waals surface area contributed by atoms with Crippen LogP contribution in [0.5, 0.6) is 5.75 Å². The maximum Gasteiger partial charge on any atom is 0.344 e. The van der Waals surface area contributed by atoms with Gasteiger partial charge in [0.1, 0.15) is 16.9 Å². The molecule has 0 saturated heterocycles. The van der Waals surface area contributed by atoms with Crippen LogP contribution in [0, 0.1) is 4.91 Å². The number of carbonyl (C=O) groups is 1. The molecule has 5 aromatic rings. The Morgan fingerprint density at radius 1 is 1.03 bits per heavy atom. The molecule has 35 heavy (non-hydrogen) atoms. The lowest BCUT2D eigenvalue weighted by Gasteiger charge is -2.11. The van der Waals surface area contributed by atoms with Gasteiger partial charge in [0.25, 0.3) is 10.5 Å². The molecule has 0 aliphatic carbocycles. The first-order valence-electron chi connectivity index (χ1n) is 10.9. The number of fused-ring (bicyclic) bond motifs is 5. The van der Waals surface area contributed by atoms with Crippen LogP contribution in [0.1, 0.15) is 6.92 Å². The van der Waals surface area contributed by atoms with Gasteiger partial charge in [-0.1, -0.05) is 18.2 Å². The van der Waals surface area contributed by atoms with E-state index in [1.165, 1.54) is 7.11 Å². The van der Waals surface area contributed by atoms with Crippen LogP contribution in [0.4, 0.5) is 5.69 Å². The standard InChI is InChI=1S/C25H21N4O6/c1-3-34-22(30)15-35-18-12-13-21-26-23-19-6-4-5-7-20(19)25(31)28(24(23)27(21)14-18)16-8-10-17(11-9-16)29(32)33-2/h4-14H,3,15H2,1-2H3/q+1. The molecule has 176 valence electrons. The Morgan fingerprint density at radius 2 is 1.77 bits per heavy atom. The number of benzene rings is 2.